The molecule has 0 radical (unpaired) electrons. The monoisotopic (exact) mass is 319 g/mol. The van der Waals surface area contributed by atoms with Gasteiger partial charge >= 0.3 is 0 Å². The second kappa shape index (κ2) is 6.67. The van der Waals surface area contributed by atoms with E-state index in [1.165, 1.54) is 17.0 Å². The fourth-order valence-corrected chi connectivity index (χ4v) is 2.13. The molecule has 0 heterocycles. The summed E-state index contributed by atoms with van der Waals surface area (Å²) in [6.45, 7) is 0.129. The Labute approximate surface area is 113 Å². The number of benzene rings is 1. The predicted molar refractivity (Wildman–Crippen MR) is 71.5 cm³/mol. The Morgan fingerprint density at radius 3 is 2.33 bits per heavy atom. The molecule has 0 atom stereocenters. The molecule has 0 aromatic heterocycles. The van der Waals surface area contributed by atoms with Gasteiger partial charge in [-0.05, 0) is 28.1 Å². The highest BCUT2D eigenvalue weighted by atomic mass is 79.9. The highest BCUT2D eigenvalue weighted by Crippen LogP contribution is 2.29. The van der Waals surface area contributed by atoms with Crippen LogP contribution in [0.3, 0.4) is 0 Å². The van der Waals surface area contributed by atoms with Crippen LogP contribution in [-0.4, -0.2) is 42.4 Å². The Balaban J connectivity index is 3.16. The van der Waals surface area contributed by atoms with Crippen molar-refractivity contribution in [2.75, 3.05) is 31.2 Å². The molecule has 0 amide bonds. The van der Waals surface area contributed by atoms with Crippen LogP contribution >= 0.6 is 15.9 Å². The van der Waals surface area contributed by atoms with Crippen molar-refractivity contribution in [1.29, 1.82) is 5.41 Å². The van der Waals surface area contributed by atoms with E-state index in [2.05, 4.69) is 15.9 Å². The van der Waals surface area contributed by atoms with E-state index in [1.807, 2.05) is 0 Å². The minimum Gasteiger partial charge on any atom is -0.395 e. The first-order chi connectivity index (χ1) is 8.52. The quantitative estimate of drug-likeness (QED) is 0.458. The van der Waals surface area contributed by atoms with Gasteiger partial charge in [-0.3, -0.25) is 5.41 Å². The summed E-state index contributed by atoms with van der Waals surface area (Å²) in [6, 6.07) is 2.99. The van der Waals surface area contributed by atoms with Gasteiger partial charge in [-0.2, -0.15) is 0 Å². The van der Waals surface area contributed by atoms with Gasteiger partial charge in [0.05, 0.1) is 23.4 Å². The van der Waals surface area contributed by atoms with E-state index < -0.39 is 5.82 Å². The molecular formula is C11H15BrFN3O2. The Kier molecular flexibility index (Phi) is 5.52. The van der Waals surface area contributed by atoms with Gasteiger partial charge in [-0.1, -0.05) is 0 Å². The predicted octanol–water partition coefficient (Wildman–Crippen LogP) is 0.663. The van der Waals surface area contributed by atoms with Gasteiger partial charge in [0.15, 0.2) is 5.82 Å². The number of hydrogen-bond donors (Lipinski definition) is 4. The van der Waals surface area contributed by atoms with Crippen molar-refractivity contribution >= 4 is 27.5 Å². The van der Waals surface area contributed by atoms with Gasteiger partial charge in [0.2, 0.25) is 0 Å². The molecule has 0 bridgehead atoms. The third-order valence-electron chi connectivity index (χ3n) is 2.43. The zero-order chi connectivity index (χ0) is 13.7. The highest BCUT2D eigenvalue weighted by molar-refractivity contribution is 9.10. The second-order valence-electron chi connectivity index (χ2n) is 3.61. The molecule has 0 saturated heterocycles. The molecule has 18 heavy (non-hydrogen) atoms. The minimum absolute atomic E-state index is 0.105. The molecule has 0 saturated carbocycles. The van der Waals surface area contributed by atoms with Gasteiger partial charge in [-0.15, -0.1) is 0 Å². The maximum Gasteiger partial charge on any atom is 0.161 e. The number of nitrogens with one attached hydrogen (secondary N) is 1. The molecule has 7 heteroatoms. The SMILES string of the molecule is N=C(N)c1ccc(N(CCO)CCO)c(F)c1Br. The molecular weight excluding hydrogens is 305 g/mol. The molecule has 1 aromatic carbocycles. The number of rotatable bonds is 6. The largest absolute Gasteiger partial charge is 0.395 e. The number of aliphatic hydroxyl groups excluding tert-OH is 2. The van der Waals surface area contributed by atoms with Gasteiger partial charge in [-0.25, -0.2) is 4.39 Å². The Bertz CT molecular complexity index is 437. The number of halogens is 2. The van der Waals surface area contributed by atoms with Crippen molar-refractivity contribution in [1.82, 2.24) is 0 Å². The Morgan fingerprint density at radius 1 is 1.33 bits per heavy atom. The molecule has 0 unspecified atom stereocenters. The number of anilines is 1. The van der Waals surface area contributed by atoms with Crippen LogP contribution < -0.4 is 10.6 Å². The number of hydrogen-bond acceptors (Lipinski definition) is 4. The van der Waals surface area contributed by atoms with Gasteiger partial charge in [0.25, 0.3) is 0 Å². The average molecular weight is 320 g/mol. The fraction of sp³-hybridized carbons (Fsp3) is 0.364. The van der Waals surface area contributed by atoms with Crippen LogP contribution in [-0.2, 0) is 0 Å². The smallest absolute Gasteiger partial charge is 0.161 e. The van der Waals surface area contributed by atoms with E-state index in [0.717, 1.165) is 0 Å². The van der Waals surface area contributed by atoms with Gasteiger partial charge < -0.3 is 20.8 Å². The topological polar surface area (TPSA) is 93.6 Å². The van der Waals surface area contributed by atoms with Crippen LogP contribution in [0.1, 0.15) is 5.56 Å². The first kappa shape index (κ1) is 14.9. The first-order valence-electron chi connectivity index (χ1n) is 5.32. The Hall–Kier alpha value is -1.18. The molecule has 1 aromatic rings. The maximum atomic E-state index is 14.1. The molecule has 5 N–H and O–H groups in total. The van der Waals surface area contributed by atoms with E-state index in [0.29, 0.717) is 0 Å². The van der Waals surface area contributed by atoms with E-state index in [1.54, 1.807) is 0 Å². The van der Waals surface area contributed by atoms with Gasteiger partial charge in [0, 0.05) is 18.7 Å². The molecule has 0 aliphatic carbocycles. The number of amidine groups is 1. The lowest BCUT2D eigenvalue weighted by Gasteiger charge is -2.24. The summed E-state index contributed by atoms with van der Waals surface area (Å²) in [5.74, 6) is -0.798. The normalized spacial score (nSPS) is 10.4. The minimum atomic E-state index is -0.565. The average Bonchev–Trinajstić information content (AvgIpc) is 2.32. The van der Waals surface area contributed by atoms with Crippen molar-refractivity contribution in [2.24, 2.45) is 5.73 Å². The standard InChI is InChI=1S/C11H15BrFN3O2/c12-9-7(11(14)15)1-2-8(10(9)13)16(3-5-17)4-6-18/h1-2,17-18H,3-6H2,(H3,14,15). The number of nitrogens with two attached hydrogens (primary N) is 1. The number of nitrogen functional groups attached to an aromatic ring is 1. The van der Waals surface area contributed by atoms with Crippen LogP contribution in [0.25, 0.3) is 0 Å². The summed E-state index contributed by atoms with van der Waals surface area (Å²) in [6.07, 6.45) is 0. The van der Waals surface area contributed by atoms with Crippen LogP contribution in [0.2, 0.25) is 0 Å². The Morgan fingerprint density at radius 2 is 1.89 bits per heavy atom. The molecule has 0 fully saturated rings. The summed E-state index contributed by atoms with van der Waals surface area (Å²) in [7, 11) is 0. The second-order valence-corrected chi connectivity index (χ2v) is 4.40. The van der Waals surface area contributed by atoms with Crippen molar-refractivity contribution < 1.29 is 14.6 Å². The van der Waals surface area contributed by atoms with Crippen molar-refractivity contribution in [2.45, 2.75) is 0 Å². The zero-order valence-corrected chi connectivity index (χ0v) is 11.2. The van der Waals surface area contributed by atoms with Crippen LogP contribution in [0, 0.1) is 11.2 Å². The summed E-state index contributed by atoms with van der Waals surface area (Å²) in [5.41, 5.74) is 5.83. The van der Waals surface area contributed by atoms with Crippen LogP contribution in [0.4, 0.5) is 10.1 Å². The van der Waals surface area contributed by atoms with Crippen LogP contribution in [0.15, 0.2) is 16.6 Å². The van der Waals surface area contributed by atoms with E-state index in [4.69, 9.17) is 21.4 Å². The molecule has 0 aliphatic heterocycles. The molecule has 1 rings (SSSR count). The third kappa shape index (κ3) is 3.18. The molecule has 0 spiro atoms. The summed E-state index contributed by atoms with van der Waals surface area (Å²) >= 11 is 3.05. The maximum absolute atomic E-state index is 14.1. The van der Waals surface area contributed by atoms with Crippen molar-refractivity contribution in [3.8, 4) is 0 Å². The molecule has 100 valence electrons. The lowest BCUT2D eigenvalue weighted by Crippen LogP contribution is -2.30. The van der Waals surface area contributed by atoms with Gasteiger partial charge in [0.1, 0.15) is 5.84 Å². The van der Waals surface area contributed by atoms with E-state index in [-0.39, 0.29) is 47.9 Å². The number of nitrogens with zero attached hydrogens (tertiary/aromatic N) is 1. The first-order valence-corrected chi connectivity index (χ1v) is 6.11. The zero-order valence-electron chi connectivity index (χ0n) is 9.66. The fourth-order valence-electron chi connectivity index (χ4n) is 1.59. The van der Waals surface area contributed by atoms with Crippen LogP contribution in [0.5, 0.6) is 0 Å². The summed E-state index contributed by atoms with van der Waals surface area (Å²) in [4.78, 5) is 1.52. The van der Waals surface area contributed by atoms with E-state index >= 15 is 0 Å². The molecule has 5 nitrogen and oxygen atoms in total. The van der Waals surface area contributed by atoms with E-state index in [9.17, 15) is 4.39 Å². The lowest BCUT2D eigenvalue weighted by molar-refractivity contribution is 0.280. The summed E-state index contributed by atoms with van der Waals surface area (Å²) < 4.78 is 14.2. The summed E-state index contributed by atoms with van der Waals surface area (Å²) in [5, 5.41) is 25.1. The number of aliphatic hydroxyl groups is 2. The highest BCUT2D eigenvalue weighted by Gasteiger charge is 2.17. The van der Waals surface area contributed by atoms with Crippen molar-refractivity contribution in [3.05, 3.63) is 28.0 Å². The third-order valence-corrected chi connectivity index (χ3v) is 3.21. The van der Waals surface area contributed by atoms with Crippen molar-refractivity contribution in [3.63, 3.8) is 0 Å². The lowest BCUT2D eigenvalue weighted by atomic mass is 10.1. The molecule has 0 aliphatic rings.